The van der Waals surface area contributed by atoms with E-state index in [0.717, 1.165) is 49.4 Å². The van der Waals surface area contributed by atoms with Crippen molar-refractivity contribution in [2.24, 2.45) is 11.8 Å². The van der Waals surface area contributed by atoms with Gasteiger partial charge in [-0.05, 0) is 62.0 Å². The largest absolute Gasteiger partial charge is 0.390 e. The molecule has 1 aromatic rings. The maximum absolute atomic E-state index is 11.1. The van der Waals surface area contributed by atoms with E-state index in [-0.39, 0.29) is 10.8 Å². The Labute approximate surface area is 141 Å². The topological polar surface area (TPSA) is 52.5 Å². The number of fused-ring (bicyclic) bond motifs is 1. The SMILES string of the molecule is C=C1N(C)c2cnc(Cl)nc2N1C12CC3CC(CC(O)(C3)C1)C2. The van der Waals surface area contributed by atoms with Crippen LogP contribution in [-0.4, -0.2) is 33.3 Å². The molecule has 6 rings (SSSR count). The Morgan fingerprint density at radius 2 is 2.00 bits per heavy atom. The van der Waals surface area contributed by atoms with Crippen LogP contribution < -0.4 is 9.80 Å². The smallest absolute Gasteiger partial charge is 0.224 e. The molecule has 0 spiro atoms. The van der Waals surface area contributed by atoms with Gasteiger partial charge in [-0.1, -0.05) is 6.58 Å². The first-order chi connectivity index (χ1) is 10.9. The van der Waals surface area contributed by atoms with Gasteiger partial charge < -0.3 is 14.9 Å². The van der Waals surface area contributed by atoms with Crippen LogP contribution >= 0.6 is 11.6 Å². The van der Waals surface area contributed by atoms with Gasteiger partial charge in [-0.3, -0.25) is 0 Å². The van der Waals surface area contributed by atoms with Crippen LogP contribution in [0.15, 0.2) is 18.6 Å². The van der Waals surface area contributed by atoms with Crippen molar-refractivity contribution < 1.29 is 5.11 Å². The summed E-state index contributed by atoms with van der Waals surface area (Å²) < 4.78 is 0. The molecule has 4 saturated carbocycles. The van der Waals surface area contributed by atoms with Crippen LogP contribution in [-0.2, 0) is 0 Å². The third-order valence-electron chi connectivity index (χ3n) is 6.41. The lowest BCUT2D eigenvalue weighted by molar-refractivity contribution is -0.133. The summed E-state index contributed by atoms with van der Waals surface area (Å²) in [6.45, 7) is 4.30. The number of rotatable bonds is 1. The van der Waals surface area contributed by atoms with Crippen molar-refractivity contribution in [3.05, 3.63) is 23.9 Å². The zero-order valence-electron chi connectivity index (χ0n) is 13.3. The van der Waals surface area contributed by atoms with Crippen molar-refractivity contribution in [3.8, 4) is 0 Å². The summed E-state index contributed by atoms with van der Waals surface area (Å²) >= 11 is 6.07. The number of halogens is 1. The fourth-order valence-corrected chi connectivity index (χ4v) is 6.21. The van der Waals surface area contributed by atoms with E-state index in [9.17, 15) is 5.11 Å². The summed E-state index contributed by atoms with van der Waals surface area (Å²) in [7, 11) is 1.99. The zero-order valence-corrected chi connectivity index (χ0v) is 14.1. The van der Waals surface area contributed by atoms with Crippen LogP contribution in [0.1, 0.15) is 38.5 Å². The number of hydrogen-bond acceptors (Lipinski definition) is 5. The molecule has 1 aliphatic heterocycles. The first-order valence-corrected chi connectivity index (χ1v) is 8.75. The Bertz CT molecular complexity index is 707. The standard InChI is InChI=1S/C17H21ClN4O/c1-10-21(2)13-8-19-15(18)20-14(13)22(10)16-4-11-3-12(5-16)7-17(23,6-11)9-16/h8,11-12,23H,1,3-7,9H2,2H3. The molecule has 6 heteroatoms. The second-order valence-electron chi connectivity index (χ2n) is 8.07. The first kappa shape index (κ1) is 14.1. The third kappa shape index (κ3) is 1.78. The van der Waals surface area contributed by atoms with Gasteiger partial charge in [0.25, 0.3) is 0 Å². The van der Waals surface area contributed by atoms with E-state index in [1.165, 1.54) is 6.42 Å². The average molecular weight is 333 g/mol. The van der Waals surface area contributed by atoms with Gasteiger partial charge in [0, 0.05) is 7.05 Å². The highest BCUT2D eigenvalue weighted by Gasteiger charge is 2.61. The Hall–Kier alpha value is -1.33. The molecule has 0 aromatic carbocycles. The molecule has 23 heavy (non-hydrogen) atoms. The molecular formula is C17H21ClN4O. The lowest BCUT2D eigenvalue weighted by Crippen LogP contribution is -2.65. The van der Waals surface area contributed by atoms with Crippen molar-refractivity contribution in [3.63, 3.8) is 0 Å². The Balaban J connectivity index is 1.65. The van der Waals surface area contributed by atoms with Crippen molar-refractivity contribution >= 4 is 23.1 Å². The minimum absolute atomic E-state index is 0.0763. The van der Waals surface area contributed by atoms with Gasteiger partial charge >= 0.3 is 0 Å². The highest BCUT2D eigenvalue weighted by molar-refractivity contribution is 6.28. The molecule has 2 atom stereocenters. The second kappa shape index (κ2) is 4.19. The van der Waals surface area contributed by atoms with Crippen molar-refractivity contribution in [1.29, 1.82) is 0 Å². The van der Waals surface area contributed by atoms with Gasteiger partial charge in [0.15, 0.2) is 5.82 Å². The van der Waals surface area contributed by atoms with Crippen molar-refractivity contribution in [2.45, 2.75) is 49.7 Å². The van der Waals surface area contributed by atoms with E-state index < -0.39 is 5.60 Å². The van der Waals surface area contributed by atoms with Crippen molar-refractivity contribution in [2.75, 3.05) is 16.8 Å². The highest BCUT2D eigenvalue weighted by atomic mass is 35.5. The summed E-state index contributed by atoms with van der Waals surface area (Å²) in [6.07, 6.45) is 7.97. The van der Waals surface area contributed by atoms with Crippen LogP contribution in [0.4, 0.5) is 11.5 Å². The maximum Gasteiger partial charge on any atom is 0.224 e. The molecule has 2 unspecified atom stereocenters. The van der Waals surface area contributed by atoms with Crippen LogP contribution in [0.3, 0.4) is 0 Å². The first-order valence-electron chi connectivity index (χ1n) is 8.37. The monoisotopic (exact) mass is 332 g/mol. The molecule has 1 aromatic heterocycles. The van der Waals surface area contributed by atoms with Gasteiger partial charge in [-0.25, -0.2) is 4.98 Å². The van der Waals surface area contributed by atoms with E-state index in [1.807, 2.05) is 11.9 Å². The Kier molecular flexibility index (Phi) is 2.56. The predicted molar refractivity (Wildman–Crippen MR) is 89.4 cm³/mol. The second-order valence-corrected chi connectivity index (χ2v) is 8.41. The van der Waals surface area contributed by atoms with E-state index >= 15 is 0 Å². The van der Waals surface area contributed by atoms with Crippen LogP contribution in [0, 0.1) is 11.8 Å². The molecule has 122 valence electrons. The van der Waals surface area contributed by atoms with Gasteiger partial charge in [-0.15, -0.1) is 0 Å². The number of aromatic nitrogens is 2. The van der Waals surface area contributed by atoms with Gasteiger partial charge in [0.05, 0.1) is 17.3 Å². The summed E-state index contributed by atoms with van der Waals surface area (Å²) in [6, 6.07) is 0. The molecule has 4 bridgehead atoms. The quantitative estimate of drug-likeness (QED) is 0.801. The fraction of sp³-hybridized carbons (Fsp3) is 0.647. The lowest BCUT2D eigenvalue weighted by Gasteiger charge is -2.62. The van der Waals surface area contributed by atoms with Gasteiger partial charge in [-0.2, -0.15) is 4.98 Å². The van der Waals surface area contributed by atoms with Gasteiger partial charge in [0.2, 0.25) is 5.28 Å². The molecule has 1 N–H and O–H groups in total. The molecule has 4 aliphatic carbocycles. The maximum atomic E-state index is 11.1. The minimum atomic E-state index is -0.511. The Morgan fingerprint density at radius 3 is 2.65 bits per heavy atom. The molecule has 0 saturated heterocycles. The predicted octanol–water partition coefficient (Wildman–Crippen LogP) is 2.94. The third-order valence-corrected chi connectivity index (χ3v) is 6.59. The molecule has 4 fully saturated rings. The fourth-order valence-electron chi connectivity index (χ4n) is 6.08. The Morgan fingerprint density at radius 1 is 1.30 bits per heavy atom. The summed E-state index contributed by atoms with van der Waals surface area (Å²) in [5.74, 6) is 2.99. The molecular weight excluding hydrogens is 312 g/mol. The van der Waals surface area contributed by atoms with E-state index in [1.54, 1.807) is 6.20 Å². The van der Waals surface area contributed by atoms with Gasteiger partial charge in [0.1, 0.15) is 11.5 Å². The number of anilines is 2. The van der Waals surface area contributed by atoms with Crippen LogP contribution in [0.5, 0.6) is 0 Å². The molecule has 5 nitrogen and oxygen atoms in total. The molecule has 2 heterocycles. The number of nitrogens with zero attached hydrogens (tertiary/aromatic N) is 4. The van der Waals surface area contributed by atoms with E-state index in [4.69, 9.17) is 11.6 Å². The molecule has 0 radical (unpaired) electrons. The van der Waals surface area contributed by atoms with E-state index in [0.29, 0.717) is 11.8 Å². The highest BCUT2D eigenvalue weighted by Crippen LogP contribution is 2.62. The summed E-state index contributed by atoms with van der Waals surface area (Å²) in [5, 5.41) is 11.3. The normalized spacial score (nSPS) is 40.9. The minimum Gasteiger partial charge on any atom is -0.390 e. The summed E-state index contributed by atoms with van der Waals surface area (Å²) in [4.78, 5) is 12.9. The number of hydrogen-bond donors (Lipinski definition) is 1. The lowest BCUT2D eigenvalue weighted by atomic mass is 9.50. The van der Waals surface area contributed by atoms with Crippen LogP contribution in [0.2, 0.25) is 5.28 Å². The summed E-state index contributed by atoms with van der Waals surface area (Å²) in [5.41, 5.74) is 0.359. The van der Waals surface area contributed by atoms with Crippen LogP contribution in [0.25, 0.3) is 0 Å². The molecule has 0 amide bonds. The number of aliphatic hydroxyl groups is 1. The van der Waals surface area contributed by atoms with E-state index in [2.05, 4.69) is 21.4 Å². The average Bonchev–Trinajstić information content (AvgIpc) is 2.68. The molecule has 5 aliphatic rings. The van der Waals surface area contributed by atoms with Crippen molar-refractivity contribution in [1.82, 2.24) is 9.97 Å². The zero-order chi connectivity index (χ0) is 16.0.